The molecule has 1 heteroatoms. The molecule has 0 fully saturated rings. The Hall–Kier alpha value is -5.92. The molecule has 1 heterocycles. The van der Waals surface area contributed by atoms with Crippen molar-refractivity contribution >= 4 is 44.7 Å². The number of allylic oxidation sites excluding steroid dienone is 5. The van der Waals surface area contributed by atoms with Gasteiger partial charge in [-0.25, -0.2) is 0 Å². The Kier molecular flexibility index (Phi) is 7.46. The lowest BCUT2D eigenvalue weighted by molar-refractivity contribution is 0.585. The minimum absolute atomic E-state index is 0.0267. The summed E-state index contributed by atoms with van der Waals surface area (Å²) in [7, 11) is 0. The van der Waals surface area contributed by atoms with E-state index in [0.717, 1.165) is 6.42 Å². The van der Waals surface area contributed by atoms with Gasteiger partial charge in [-0.05, 0) is 97.3 Å². The summed E-state index contributed by atoms with van der Waals surface area (Å²) < 4.78 is 0. The molecule has 262 valence electrons. The number of anilines is 3. The van der Waals surface area contributed by atoms with Gasteiger partial charge in [0.1, 0.15) is 0 Å². The first kappa shape index (κ1) is 32.7. The van der Waals surface area contributed by atoms with E-state index >= 15 is 0 Å². The van der Waals surface area contributed by atoms with Crippen LogP contribution in [0.25, 0.3) is 38.7 Å². The standard InChI is InChI=1S/C53H45N/c1-52(2)45-23-13-12-21-42(45)43-30-28-38(33-47(43)52)39(36-16-6-5-7-17-36)29-26-35-27-31-50-48(32-35)53(3,4)46-24-14-15-25-49(46)54(50)51-34-37-18-8-9-19-40(37)41-20-10-11-22-44(41)51/h5-16,18-34,36,39H,17H2,1-4H3/b29-26+. The van der Waals surface area contributed by atoms with E-state index in [4.69, 9.17) is 0 Å². The molecule has 0 N–H and O–H groups in total. The average Bonchev–Trinajstić information content (AvgIpc) is 3.44. The first-order valence-electron chi connectivity index (χ1n) is 19.5. The number of nitrogens with zero attached hydrogens (tertiary/aromatic N) is 1. The van der Waals surface area contributed by atoms with Crippen molar-refractivity contribution in [3.05, 3.63) is 203 Å². The van der Waals surface area contributed by atoms with Gasteiger partial charge in [-0.3, -0.25) is 0 Å². The van der Waals surface area contributed by atoms with Crippen LogP contribution in [0.1, 0.15) is 73.4 Å². The zero-order valence-corrected chi connectivity index (χ0v) is 31.6. The van der Waals surface area contributed by atoms with Crippen LogP contribution in [0.5, 0.6) is 0 Å². The first-order valence-corrected chi connectivity index (χ1v) is 19.5. The first-order chi connectivity index (χ1) is 26.3. The van der Waals surface area contributed by atoms with Gasteiger partial charge in [-0.2, -0.15) is 0 Å². The van der Waals surface area contributed by atoms with E-state index in [1.165, 1.54) is 83.1 Å². The van der Waals surface area contributed by atoms with E-state index < -0.39 is 0 Å². The van der Waals surface area contributed by atoms with Gasteiger partial charge >= 0.3 is 0 Å². The van der Waals surface area contributed by atoms with Crippen molar-refractivity contribution in [1.29, 1.82) is 0 Å². The predicted molar refractivity (Wildman–Crippen MR) is 230 cm³/mol. The average molecular weight is 696 g/mol. The van der Waals surface area contributed by atoms with Crippen LogP contribution in [0.3, 0.4) is 0 Å². The van der Waals surface area contributed by atoms with Crippen LogP contribution in [0.2, 0.25) is 0 Å². The van der Waals surface area contributed by atoms with E-state index in [2.05, 4.69) is 209 Å². The lowest BCUT2D eigenvalue weighted by Gasteiger charge is -2.42. The number of fused-ring (bicyclic) bond motifs is 8. The molecule has 0 spiro atoms. The van der Waals surface area contributed by atoms with Gasteiger partial charge in [-0.15, -0.1) is 0 Å². The number of hydrogen-bond donors (Lipinski definition) is 0. The largest absolute Gasteiger partial charge is 0.309 e. The number of para-hydroxylation sites is 1. The summed E-state index contributed by atoms with van der Waals surface area (Å²) in [5.74, 6) is 0.648. The summed E-state index contributed by atoms with van der Waals surface area (Å²) in [5, 5.41) is 5.09. The highest BCUT2D eigenvalue weighted by Gasteiger charge is 2.38. The lowest BCUT2D eigenvalue weighted by Crippen LogP contribution is -2.30. The third-order valence-corrected chi connectivity index (χ3v) is 12.7. The quantitative estimate of drug-likeness (QED) is 0.162. The lowest BCUT2D eigenvalue weighted by atomic mass is 9.73. The van der Waals surface area contributed by atoms with E-state index in [1.54, 1.807) is 0 Å². The SMILES string of the molecule is CC1(C)c2ccccc2-c2ccc(C(/C=C/c3ccc4c(c3)C(C)(C)c3ccccc3N4c3cc4ccccc4c4ccccc34)C3C=CC=CC3)cc21. The Bertz CT molecular complexity index is 2720. The van der Waals surface area contributed by atoms with Crippen molar-refractivity contribution in [2.45, 2.75) is 50.9 Å². The van der Waals surface area contributed by atoms with Crippen molar-refractivity contribution in [2.24, 2.45) is 5.92 Å². The van der Waals surface area contributed by atoms with E-state index in [0.29, 0.717) is 5.92 Å². The maximum absolute atomic E-state index is 2.52. The molecule has 0 bridgehead atoms. The fourth-order valence-corrected chi connectivity index (χ4v) is 9.82. The molecule has 10 rings (SSSR count). The van der Waals surface area contributed by atoms with Crippen LogP contribution in [0.4, 0.5) is 17.1 Å². The van der Waals surface area contributed by atoms with Gasteiger partial charge in [-0.1, -0.05) is 179 Å². The van der Waals surface area contributed by atoms with Crippen molar-refractivity contribution in [3.8, 4) is 11.1 Å². The molecule has 0 saturated heterocycles. The van der Waals surface area contributed by atoms with Crippen molar-refractivity contribution < 1.29 is 0 Å². The van der Waals surface area contributed by atoms with Crippen LogP contribution in [-0.2, 0) is 10.8 Å². The molecular weight excluding hydrogens is 651 g/mol. The maximum Gasteiger partial charge on any atom is 0.0546 e. The highest BCUT2D eigenvalue weighted by atomic mass is 15.2. The van der Waals surface area contributed by atoms with Gasteiger partial charge in [0, 0.05) is 22.1 Å². The topological polar surface area (TPSA) is 3.24 Å². The molecule has 7 aromatic carbocycles. The van der Waals surface area contributed by atoms with Crippen LogP contribution in [0.15, 0.2) is 170 Å². The van der Waals surface area contributed by atoms with Gasteiger partial charge in [0.05, 0.1) is 17.1 Å². The molecular formula is C53H45N. The van der Waals surface area contributed by atoms with Crippen molar-refractivity contribution in [3.63, 3.8) is 0 Å². The molecule has 0 radical (unpaired) electrons. The molecule has 3 aliphatic rings. The molecule has 0 aromatic heterocycles. The molecule has 2 aliphatic carbocycles. The van der Waals surface area contributed by atoms with Gasteiger partial charge in [0.2, 0.25) is 0 Å². The molecule has 2 unspecified atom stereocenters. The molecule has 1 nitrogen and oxygen atoms in total. The fourth-order valence-electron chi connectivity index (χ4n) is 9.82. The molecule has 2 atom stereocenters. The maximum atomic E-state index is 2.52. The Morgan fingerprint density at radius 2 is 1.24 bits per heavy atom. The Balaban J connectivity index is 1.09. The molecule has 1 aliphatic heterocycles. The summed E-state index contributed by atoms with van der Waals surface area (Å²) in [4.78, 5) is 2.52. The zero-order valence-electron chi connectivity index (χ0n) is 31.6. The second-order valence-electron chi connectivity index (χ2n) is 16.5. The van der Waals surface area contributed by atoms with Crippen molar-refractivity contribution in [1.82, 2.24) is 0 Å². The van der Waals surface area contributed by atoms with Crippen LogP contribution in [-0.4, -0.2) is 0 Å². The third-order valence-electron chi connectivity index (χ3n) is 12.7. The summed E-state index contributed by atoms with van der Waals surface area (Å²) >= 11 is 0. The monoisotopic (exact) mass is 695 g/mol. The predicted octanol–water partition coefficient (Wildman–Crippen LogP) is 14.3. The molecule has 7 aromatic rings. The Labute approximate surface area is 319 Å². The van der Waals surface area contributed by atoms with Gasteiger partial charge < -0.3 is 4.90 Å². The normalized spacial score (nSPS) is 18.1. The highest BCUT2D eigenvalue weighted by molar-refractivity contribution is 6.15. The summed E-state index contributed by atoms with van der Waals surface area (Å²) in [6.07, 6.45) is 15.0. The second-order valence-corrected chi connectivity index (χ2v) is 16.5. The van der Waals surface area contributed by atoms with Crippen LogP contribution in [0, 0.1) is 5.92 Å². The summed E-state index contributed by atoms with van der Waals surface area (Å²) in [6, 6.07) is 52.4. The van der Waals surface area contributed by atoms with E-state index in [-0.39, 0.29) is 16.7 Å². The van der Waals surface area contributed by atoms with E-state index in [9.17, 15) is 0 Å². The summed E-state index contributed by atoms with van der Waals surface area (Å²) in [6.45, 7) is 9.54. The van der Waals surface area contributed by atoms with Crippen LogP contribution < -0.4 is 4.90 Å². The third kappa shape index (κ3) is 4.98. The van der Waals surface area contributed by atoms with Gasteiger partial charge in [0.15, 0.2) is 0 Å². The smallest absolute Gasteiger partial charge is 0.0546 e. The molecule has 0 saturated carbocycles. The molecule has 0 amide bonds. The fraction of sp³-hybridized carbons (Fsp3) is 0.170. The minimum Gasteiger partial charge on any atom is -0.309 e. The van der Waals surface area contributed by atoms with Crippen LogP contribution >= 0.6 is 0 Å². The summed E-state index contributed by atoms with van der Waals surface area (Å²) in [5.41, 5.74) is 14.4. The van der Waals surface area contributed by atoms with Crippen molar-refractivity contribution in [2.75, 3.05) is 4.90 Å². The molecule has 54 heavy (non-hydrogen) atoms. The Morgan fingerprint density at radius 1 is 0.556 bits per heavy atom. The zero-order chi connectivity index (χ0) is 36.6. The number of rotatable bonds is 5. The van der Waals surface area contributed by atoms with E-state index in [1.807, 2.05) is 0 Å². The highest BCUT2D eigenvalue weighted by Crippen LogP contribution is 2.54. The van der Waals surface area contributed by atoms with Gasteiger partial charge in [0.25, 0.3) is 0 Å². The number of benzene rings is 7. The number of hydrogen-bond acceptors (Lipinski definition) is 1. The minimum atomic E-state index is -0.185. The Morgan fingerprint density at radius 3 is 2.07 bits per heavy atom. The second kappa shape index (κ2) is 12.3.